The third-order valence-corrected chi connectivity index (χ3v) is 6.27. The van der Waals surface area contributed by atoms with E-state index in [0.717, 1.165) is 42.5 Å². The highest BCUT2D eigenvalue weighted by Gasteiger charge is 2.45. The van der Waals surface area contributed by atoms with Gasteiger partial charge in [-0.15, -0.1) is 0 Å². The summed E-state index contributed by atoms with van der Waals surface area (Å²) in [6.45, 7) is 3.04. The van der Waals surface area contributed by atoms with Gasteiger partial charge in [0.1, 0.15) is 5.82 Å². The van der Waals surface area contributed by atoms with Crippen molar-refractivity contribution in [2.45, 2.75) is 38.0 Å². The fourth-order valence-corrected chi connectivity index (χ4v) is 4.63. The van der Waals surface area contributed by atoms with Crippen LogP contribution in [0, 0.1) is 6.92 Å². The van der Waals surface area contributed by atoms with E-state index < -0.39 is 0 Å². The molecule has 0 saturated carbocycles. The molecule has 1 aromatic carbocycles. The molecule has 3 aromatic rings. The van der Waals surface area contributed by atoms with Gasteiger partial charge in [0.25, 0.3) is 11.5 Å². The molecule has 0 radical (unpaired) electrons. The molecule has 1 aliphatic carbocycles. The van der Waals surface area contributed by atoms with Gasteiger partial charge in [0.2, 0.25) is 5.76 Å². The van der Waals surface area contributed by atoms with Crippen molar-refractivity contribution in [1.82, 2.24) is 20.0 Å². The number of piperidine rings is 1. The van der Waals surface area contributed by atoms with Gasteiger partial charge in [-0.3, -0.25) is 9.59 Å². The van der Waals surface area contributed by atoms with Crippen molar-refractivity contribution in [2.24, 2.45) is 0 Å². The number of aromatic nitrogens is 3. The Bertz CT molecular complexity index is 1120. The van der Waals surface area contributed by atoms with Crippen LogP contribution in [0.1, 0.15) is 46.8 Å². The summed E-state index contributed by atoms with van der Waals surface area (Å²) in [4.78, 5) is 35.1. The van der Waals surface area contributed by atoms with Crippen molar-refractivity contribution in [3.8, 4) is 11.4 Å². The molecule has 2 aliphatic rings. The summed E-state index contributed by atoms with van der Waals surface area (Å²) in [5, 5.41) is 3.81. The van der Waals surface area contributed by atoms with E-state index in [2.05, 4.69) is 10.1 Å². The second kappa shape index (κ2) is 6.69. The average molecular weight is 390 g/mol. The molecular weight excluding hydrogens is 368 g/mol. The van der Waals surface area contributed by atoms with Crippen LogP contribution in [0.15, 0.2) is 45.7 Å². The van der Waals surface area contributed by atoms with Gasteiger partial charge in [0.15, 0.2) is 0 Å². The van der Waals surface area contributed by atoms with Crippen LogP contribution < -0.4 is 5.56 Å². The van der Waals surface area contributed by atoms with Crippen molar-refractivity contribution in [3.05, 3.63) is 69.5 Å². The van der Waals surface area contributed by atoms with E-state index in [9.17, 15) is 9.59 Å². The van der Waals surface area contributed by atoms with E-state index in [1.807, 2.05) is 35.2 Å². The lowest BCUT2D eigenvalue weighted by Gasteiger charge is -2.39. The normalized spacial score (nSPS) is 17.5. The first-order valence-corrected chi connectivity index (χ1v) is 9.97. The SMILES string of the molecule is Cc1cc(C(=O)N2CCC3(CCc4c3nc(-c3ccccc3)[nH]c4=O)CC2)on1. The monoisotopic (exact) mass is 390 g/mol. The van der Waals surface area contributed by atoms with Gasteiger partial charge in [0, 0.05) is 35.7 Å². The molecule has 1 saturated heterocycles. The number of likely N-dealkylation sites (tertiary alicyclic amines) is 1. The second-order valence-corrected chi connectivity index (χ2v) is 8.01. The molecule has 7 heteroatoms. The number of aryl methyl sites for hydroxylation is 1. The van der Waals surface area contributed by atoms with E-state index in [4.69, 9.17) is 9.51 Å². The van der Waals surface area contributed by atoms with Gasteiger partial charge >= 0.3 is 0 Å². The third kappa shape index (κ3) is 2.97. The molecule has 29 heavy (non-hydrogen) atoms. The zero-order valence-electron chi connectivity index (χ0n) is 16.3. The first kappa shape index (κ1) is 17.8. The number of aromatic amines is 1. The molecular formula is C22H22N4O3. The highest BCUT2D eigenvalue weighted by atomic mass is 16.5. The predicted octanol–water partition coefficient (Wildman–Crippen LogP) is 2.85. The number of H-pyrrole nitrogens is 1. The number of benzene rings is 1. The van der Waals surface area contributed by atoms with Gasteiger partial charge in [0.05, 0.1) is 11.4 Å². The molecule has 0 unspecified atom stereocenters. The summed E-state index contributed by atoms with van der Waals surface area (Å²) < 4.78 is 5.13. The molecule has 0 bridgehead atoms. The minimum Gasteiger partial charge on any atom is -0.351 e. The van der Waals surface area contributed by atoms with Crippen molar-refractivity contribution in [1.29, 1.82) is 0 Å². The topological polar surface area (TPSA) is 92.1 Å². The van der Waals surface area contributed by atoms with E-state index in [1.165, 1.54) is 0 Å². The van der Waals surface area contributed by atoms with Crippen molar-refractivity contribution >= 4 is 5.91 Å². The van der Waals surface area contributed by atoms with E-state index >= 15 is 0 Å². The standard InChI is InChI=1S/C22H22N4O3/c1-14-13-17(29-25-14)21(28)26-11-9-22(10-12-26)8-7-16-18(22)23-19(24-20(16)27)15-5-3-2-4-6-15/h2-6,13H,7-12H2,1H3,(H,23,24,27). The van der Waals surface area contributed by atoms with E-state index in [1.54, 1.807) is 13.0 Å². The lowest BCUT2D eigenvalue weighted by molar-refractivity contribution is 0.0622. The minimum absolute atomic E-state index is 0.0404. The molecule has 1 amide bonds. The maximum absolute atomic E-state index is 12.7. The highest BCUT2D eigenvalue weighted by molar-refractivity contribution is 5.91. The number of fused-ring (bicyclic) bond motifs is 2. The second-order valence-electron chi connectivity index (χ2n) is 8.01. The zero-order valence-corrected chi connectivity index (χ0v) is 16.3. The zero-order chi connectivity index (χ0) is 20.0. The van der Waals surface area contributed by atoms with Gasteiger partial charge < -0.3 is 14.4 Å². The molecule has 1 aliphatic heterocycles. The minimum atomic E-state index is -0.138. The number of hydrogen-bond acceptors (Lipinski definition) is 5. The van der Waals surface area contributed by atoms with E-state index in [0.29, 0.717) is 24.6 Å². The first-order chi connectivity index (χ1) is 14.1. The maximum Gasteiger partial charge on any atom is 0.292 e. The van der Waals surface area contributed by atoms with Gasteiger partial charge in [-0.2, -0.15) is 0 Å². The number of carbonyl (C=O) groups is 1. The summed E-state index contributed by atoms with van der Waals surface area (Å²) in [7, 11) is 0. The summed E-state index contributed by atoms with van der Waals surface area (Å²) in [5.41, 5.74) is 3.15. The van der Waals surface area contributed by atoms with Gasteiger partial charge in [-0.05, 0) is 32.6 Å². The Morgan fingerprint density at radius 3 is 2.62 bits per heavy atom. The fourth-order valence-electron chi connectivity index (χ4n) is 4.63. The Kier molecular flexibility index (Phi) is 4.12. The number of nitrogens with zero attached hydrogens (tertiary/aromatic N) is 3. The molecule has 5 rings (SSSR count). The van der Waals surface area contributed by atoms with Gasteiger partial charge in [-0.25, -0.2) is 4.98 Å². The Hall–Kier alpha value is -3.22. The quantitative estimate of drug-likeness (QED) is 0.726. The smallest absolute Gasteiger partial charge is 0.292 e. The average Bonchev–Trinajstić information content (AvgIpc) is 3.33. The summed E-state index contributed by atoms with van der Waals surface area (Å²) in [5.74, 6) is 0.778. The van der Waals surface area contributed by atoms with Crippen LogP contribution in [0.5, 0.6) is 0 Å². The molecule has 1 N–H and O–H groups in total. The van der Waals surface area contributed by atoms with Crippen LogP contribution >= 0.6 is 0 Å². The summed E-state index contributed by atoms with van der Waals surface area (Å²) in [6.07, 6.45) is 3.23. The summed E-state index contributed by atoms with van der Waals surface area (Å²) in [6, 6.07) is 11.4. The predicted molar refractivity (Wildman–Crippen MR) is 107 cm³/mol. The van der Waals surface area contributed by atoms with Crippen LogP contribution in [0.4, 0.5) is 0 Å². The Morgan fingerprint density at radius 2 is 1.93 bits per heavy atom. The van der Waals surface area contributed by atoms with Crippen molar-refractivity contribution < 1.29 is 9.32 Å². The molecule has 2 aromatic heterocycles. The Labute approximate surface area is 167 Å². The molecule has 1 spiro atoms. The molecule has 1 fully saturated rings. The number of carbonyl (C=O) groups excluding carboxylic acids is 1. The first-order valence-electron chi connectivity index (χ1n) is 9.97. The largest absolute Gasteiger partial charge is 0.351 e. The van der Waals surface area contributed by atoms with Crippen LogP contribution in [0.3, 0.4) is 0 Å². The van der Waals surface area contributed by atoms with Crippen molar-refractivity contribution in [3.63, 3.8) is 0 Å². The molecule has 7 nitrogen and oxygen atoms in total. The Morgan fingerprint density at radius 1 is 1.17 bits per heavy atom. The van der Waals surface area contributed by atoms with Crippen LogP contribution in [-0.4, -0.2) is 39.0 Å². The van der Waals surface area contributed by atoms with Crippen molar-refractivity contribution in [2.75, 3.05) is 13.1 Å². The highest BCUT2D eigenvalue weighted by Crippen LogP contribution is 2.44. The molecule has 3 heterocycles. The lowest BCUT2D eigenvalue weighted by Crippen LogP contribution is -2.44. The number of nitrogens with one attached hydrogen (secondary N) is 1. The Balaban J connectivity index is 1.42. The van der Waals surface area contributed by atoms with Crippen LogP contribution in [0.25, 0.3) is 11.4 Å². The molecule has 0 atom stereocenters. The number of hydrogen-bond donors (Lipinski definition) is 1. The number of amides is 1. The molecule has 148 valence electrons. The van der Waals surface area contributed by atoms with Crippen LogP contribution in [-0.2, 0) is 11.8 Å². The summed E-state index contributed by atoms with van der Waals surface area (Å²) >= 11 is 0. The lowest BCUT2D eigenvalue weighted by atomic mass is 9.76. The van der Waals surface area contributed by atoms with Gasteiger partial charge in [-0.1, -0.05) is 35.5 Å². The van der Waals surface area contributed by atoms with Crippen LogP contribution in [0.2, 0.25) is 0 Å². The van der Waals surface area contributed by atoms with E-state index in [-0.39, 0.29) is 22.6 Å². The maximum atomic E-state index is 12.7. The third-order valence-electron chi connectivity index (χ3n) is 6.27. The number of rotatable bonds is 2. The fraction of sp³-hybridized carbons (Fsp3) is 0.364.